The van der Waals surface area contributed by atoms with E-state index in [0.717, 1.165) is 43.4 Å². The standard InChI is InChI=1S/C16H21N3.ClH/c1-2-5-15-10-16(18-12-17-15)19-9-8-13-6-3-4-7-14(13)11-19;/h3-4,7,10,12-13H,2,5-6,8-9,11H2,1H3;1H. The minimum Gasteiger partial charge on any atom is -0.352 e. The van der Waals surface area contributed by atoms with Gasteiger partial charge in [-0.1, -0.05) is 31.6 Å². The summed E-state index contributed by atoms with van der Waals surface area (Å²) in [6, 6.07) is 2.16. The highest BCUT2D eigenvalue weighted by atomic mass is 35.5. The molecule has 1 aromatic rings. The largest absolute Gasteiger partial charge is 0.352 e. The molecule has 2 heterocycles. The normalized spacial score (nSPS) is 20.9. The third-order valence-electron chi connectivity index (χ3n) is 4.05. The van der Waals surface area contributed by atoms with Crippen LogP contribution in [-0.2, 0) is 6.42 Å². The number of rotatable bonds is 3. The van der Waals surface area contributed by atoms with Gasteiger partial charge in [-0.25, -0.2) is 9.97 Å². The lowest BCUT2D eigenvalue weighted by Crippen LogP contribution is -2.36. The molecular formula is C16H22ClN3. The van der Waals surface area contributed by atoms with Crippen LogP contribution < -0.4 is 4.90 Å². The Morgan fingerprint density at radius 3 is 3.10 bits per heavy atom. The van der Waals surface area contributed by atoms with Gasteiger partial charge in [-0.3, -0.25) is 0 Å². The average Bonchev–Trinajstić information content (AvgIpc) is 2.47. The third kappa shape index (κ3) is 3.21. The average molecular weight is 292 g/mol. The van der Waals surface area contributed by atoms with E-state index >= 15 is 0 Å². The Morgan fingerprint density at radius 1 is 1.35 bits per heavy atom. The predicted molar refractivity (Wildman–Crippen MR) is 85.4 cm³/mol. The molecule has 3 nitrogen and oxygen atoms in total. The second-order valence-corrected chi connectivity index (χ2v) is 5.43. The zero-order valence-corrected chi connectivity index (χ0v) is 12.8. The van der Waals surface area contributed by atoms with Crippen LogP contribution in [0.1, 0.15) is 31.9 Å². The summed E-state index contributed by atoms with van der Waals surface area (Å²) in [4.78, 5) is 11.2. The van der Waals surface area contributed by atoms with E-state index in [-0.39, 0.29) is 12.4 Å². The van der Waals surface area contributed by atoms with Crippen molar-refractivity contribution >= 4 is 18.2 Å². The van der Waals surface area contributed by atoms with Crippen molar-refractivity contribution in [2.75, 3.05) is 18.0 Å². The molecule has 0 saturated carbocycles. The highest BCUT2D eigenvalue weighted by Crippen LogP contribution is 2.30. The first kappa shape index (κ1) is 15.0. The fraction of sp³-hybridized carbons (Fsp3) is 0.500. The van der Waals surface area contributed by atoms with Crippen LogP contribution in [0.5, 0.6) is 0 Å². The number of aryl methyl sites for hydroxylation is 1. The molecule has 1 aliphatic heterocycles. The molecule has 1 aromatic heterocycles. The van der Waals surface area contributed by atoms with Crippen LogP contribution in [0.15, 0.2) is 36.2 Å². The second-order valence-electron chi connectivity index (χ2n) is 5.43. The first-order valence-corrected chi connectivity index (χ1v) is 7.28. The van der Waals surface area contributed by atoms with Crippen LogP contribution in [0.25, 0.3) is 0 Å². The highest BCUT2D eigenvalue weighted by Gasteiger charge is 2.24. The predicted octanol–water partition coefficient (Wildman–Crippen LogP) is 3.56. The lowest BCUT2D eigenvalue weighted by atomic mass is 9.85. The molecule has 108 valence electrons. The molecule has 1 unspecified atom stereocenters. The van der Waals surface area contributed by atoms with E-state index in [4.69, 9.17) is 0 Å². The Morgan fingerprint density at radius 2 is 2.25 bits per heavy atom. The number of anilines is 1. The minimum atomic E-state index is 0. The Kier molecular flexibility index (Phi) is 5.18. The van der Waals surface area contributed by atoms with Gasteiger partial charge in [0.15, 0.2) is 0 Å². The summed E-state index contributed by atoms with van der Waals surface area (Å²) >= 11 is 0. The first-order valence-electron chi connectivity index (χ1n) is 7.28. The Balaban J connectivity index is 0.00000147. The summed E-state index contributed by atoms with van der Waals surface area (Å²) in [6.45, 7) is 4.32. The van der Waals surface area contributed by atoms with Crippen LogP contribution in [0, 0.1) is 5.92 Å². The molecule has 1 saturated heterocycles. The number of fused-ring (bicyclic) bond motifs is 1. The van der Waals surface area contributed by atoms with Gasteiger partial charge in [-0.15, -0.1) is 12.4 Å². The van der Waals surface area contributed by atoms with E-state index in [0.29, 0.717) is 0 Å². The number of piperidine rings is 1. The molecule has 0 amide bonds. The van der Waals surface area contributed by atoms with Crippen molar-refractivity contribution in [2.45, 2.75) is 32.6 Å². The van der Waals surface area contributed by atoms with Crippen molar-refractivity contribution in [3.8, 4) is 0 Å². The topological polar surface area (TPSA) is 29.0 Å². The summed E-state index contributed by atoms with van der Waals surface area (Å²) in [5.41, 5.74) is 2.72. The molecule has 0 N–H and O–H groups in total. The molecule has 1 atom stereocenters. The fourth-order valence-corrected chi connectivity index (χ4v) is 2.97. The van der Waals surface area contributed by atoms with Crippen molar-refractivity contribution in [3.63, 3.8) is 0 Å². The first-order chi connectivity index (χ1) is 9.36. The Labute approximate surface area is 127 Å². The molecule has 0 radical (unpaired) electrons. The van der Waals surface area contributed by atoms with Gasteiger partial charge < -0.3 is 4.90 Å². The zero-order valence-electron chi connectivity index (χ0n) is 12.0. The van der Waals surface area contributed by atoms with Crippen molar-refractivity contribution in [1.29, 1.82) is 0 Å². The molecule has 4 heteroatoms. The summed E-state index contributed by atoms with van der Waals surface area (Å²) in [6.07, 6.45) is 13.1. The minimum absolute atomic E-state index is 0. The van der Waals surface area contributed by atoms with E-state index in [1.807, 2.05) is 0 Å². The number of halogens is 1. The maximum Gasteiger partial charge on any atom is 0.132 e. The third-order valence-corrected chi connectivity index (χ3v) is 4.05. The molecule has 20 heavy (non-hydrogen) atoms. The van der Waals surface area contributed by atoms with E-state index in [1.165, 1.54) is 12.8 Å². The zero-order chi connectivity index (χ0) is 13.1. The summed E-state index contributed by atoms with van der Waals surface area (Å²) in [5.74, 6) is 1.85. The van der Waals surface area contributed by atoms with Crippen LogP contribution in [0.2, 0.25) is 0 Å². The monoisotopic (exact) mass is 291 g/mol. The van der Waals surface area contributed by atoms with E-state index in [9.17, 15) is 0 Å². The highest BCUT2D eigenvalue weighted by molar-refractivity contribution is 5.85. The van der Waals surface area contributed by atoms with Crippen LogP contribution >= 0.6 is 12.4 Å². The Hall–Kier alpha value is -1.35. The lowest BCUT2D eigenvalue weighted by Gasteiger charge is -2.35. The van der Waals surface area contributed by atoms with Crippen LogP contribution in [0.4, 0.5) is 5.82 Å². The molecule has 3 rings (SSSR count). The summed E-state index contributed by atoms with van der Waals surface area (Å²) in [7, 11) is 0. The Bertz CT molecular complexity index is 510. The van der Waals surface area contributed by atoms with Gasteiger partial charge in [0.1, 0.15) is 12.1 Å². The molecule has 0 aromatic carbocycles. The number of nitrogens with zero attached hydrogens (tertiary/aromatic N) is 3. The number of hydrogen-bond acceptors (Lipinski definition) is 3. The molecular weight excluding hydrogens is 270 g/mol. The van der Waals surface area contributed by atoms with Crippen LogP contribution in [-0.4, -0.2) is 23.1 Å². The van der Waals surface area contributed by atoms with Gasteiger partial charge in [-0.05, 0) is 30.8 Å². The van der Waals surface area contributed by atoms with Crippen molar-refractivity contribution in [2.24, 2.45) is 5.92 Å². The van der Waals surface area contributed by atoms with Gasteiger partial charge in [0, 0.05) is 24.8 Å². The van der Waals surface area contributed by atoms with Crippen LogP contribution in [0.3, 0.4) is 0 Å². The second kappa shape index (κ2) is 6.89. The fourth-order valence-electron chi connectivity index (χ4n) is 2.97. The number of allylic oxidation sites excluding steroid dienone is 3. The molecule has 1 aliphatic carbocycles. The number of aromatic nitrogens is 2. The summed E-state index contributed by atoms with van der Waals surface area (Å²) < 4.78 is 0. The lowest BCUT2D eigenvalue weighted by molar-refractivity contribution is 0.500. The maximum absolute atomic E-state index is 4.45. The number of hydrogen-bond donors (Lipinski definition) is 0. The molecule has 2 aliphatic rings. The van der Waals surface area contributed by atoms with E-state index in [2.05, 4.69) is 46.1 Å². The molecule has 0 spiro atoms. The van der Waals surface area contributed by atoms with Gasteiger partial charge >= 0.3 is 0 Å². The quantitative estimate of drug-likeness (QED) is 0.852. The smallest absolute Gasteiger partial charge is 0.132 e. The van der Waals surface area contributed by atoms with E-state index in [1.54, 1.807) is 11.9 Å². The van der Waals surface area contributed by atoms with Gasteiger partial charge in [0.05, 0.1) is 0 Å². The van der Waals surface area contributed by atoms with Gasteiger partial charge in [0.2, 0.25) is 0 Å². The van der Waals surface area contributed by atoms with Gasteiger partial charge in [-0.2, -0.15) is 0 Å². The molecule has 1 fully saturated rings. The van der Waals surface area contributed by atoms with Crippen molar-refractivity contribution in [1.82, 2.24) is 9.97 Å². The van der Waals surface area contributed by atoms with Crippen molar-refractivity contribution < 1.29 is 0 Å². The maximum atomic E-state index is 4.45. The summed E-state index contributed by atoms with van der Waals surface area (Å²) in [5, 5.41) is 0. The van der Waals surface area contributed by atoms with Gasteiger partial charge in [0.25, 0.3) is 0 Å². The van der Waals surface area contributed by atoms with Crippen molar-refractivity contribution in [3.05, 3.63) is 41.9 Å². The SMILES string of the molecule is CCCc1cc(N2CCC3CC=CC=C3C2)ncn1.Cl. The molecule has 0 bridgehead atoms. The van der Waals surface area contributed by atoms with E-state index < -0.39 is 0 Å².